The predicted molar refractivity (Wildman–Crippen MR) is 68.3 cm³/mol. The Balaban J connectivity index is 2.11. The number of benzene rings is 1. The number of sulfone groups is 1. The van der Waals surface area contributed by atoms with Crippen LogP contribution in [0.4, 0.5) is 0 Å². The molecule has 0 bridgehead atoms. The van der Waals surface area contributed by atoms with Gasteiger partial charge in [-0.05, 0) is 30.5 Å². The molecular weight excluding hydrogens is 252 g/mol. The summed E-state index contributed by atoms with van der Waals surface area (Å²) in [7, 11) is -3.09. The first-order chi connectivity index (χ1) is 8.49. The van der Waals surface area contributed by atoms with Crippen molar-refractivity contribution in [3.63, 3.8) is 0 Å². The fourth-order valence-electron chi connectivity index (χ4n) is 2.34. The van der Waals surface area contributed by atoms with E-state index in [0.29, 0.717) is 5.56 Å². The van der Waals surface area contributed by atoms with E-state index in [1.165, 1.54) is 12.1 Å². The van der Waals surface area contributed by atoms with Crippen molar-refractivity contribution in [1.82, 2.24) is 0 Å². The van der Waals surface area contributed by atoms with Gasteiger partial charge in [0.05, 0.1) is 16.6 Å². The molecule has 1 aromatic carbocycles. The summed E-state index contributed by atoms with van der Waals surface area (Å²) in [4.78, 5) is 10.7. The van der Waals surface area contributed by atoms with Gasteiger partial charge >= 0.3 is 5.97 Å². The molecule has 0 aromatic heterocycles. The van der Waals surface area contributed by atoms with E-state index in [9.17, 15) is 13.2 Å². The number of aromatic carboxylic acids is 1. The standard InChI is InChI=1S/C13H16O4S/c14-13(15)11-7-5-10(6-8-11)9-18(16,17)12-3-1-2-4-12/h5-8,12H,1-4,9H2,(H,14,15). The van der Waals surface area contributed by atoms with Gasteiger partial charge in [-0.1, -0.05) is 25.0 Å². The van der Waals surface area contributed by atoms with E-state index in [-0.39, 0.29) is 16.6 Å². The molecule has 18 heavy (non-hydrogen) atoms. The topological polar surface area (TPSA) is 71.4 Å². The van der Waals surface area contributed by atoms with Crippen molar-refractivity contribution in [3.8, 4) is 0 Å². The molecule has 0 spiro atoms. The Kier molecular flexibility index (Phi) is 3.71. The van der Waals surface area contributed by atoms with Crippen molar-refractivity contribution in [2.24, 2.45) is 0 Å². The maximum Gasteiger partial charge on any atom is 0.335 e. The van der Waals surface area contributed by atoms with Crippen molar-refractivity contribution >= 4 is 15.8 Å². The predicted octanol–water partition coefficient (Wildman–Crippen LogP) is 2.24. The highest BCUT2D eigenvalue weighted by molar-refractivity contribution is 7.91. The monoisotopic (exact) mass is 268 g/mol. The molecule has 4 nitrogen and oxygen atoms in total. The molecule has 0 aliphatic heterocycles. The first kappa shape index (κ1) is 13.1. The van der Waals surface area contributed by atoms with Crippen LogP contribution in [0.1, 0.15) is 41.6 Å². The average Bonchev–Trinajstić information content (AvgIpc) is 2.83. The molecular formula is C13H16O4S. The second-order valence-electron chi connectivity index (χ2n) is 4.72. The zero-order valence-electron chi connectivity index (χ0n) is 10.0. The second kappa shape index (κ2) is 5.10. The van der Waals surface area contributed by atoms with Crippen LogP contribution in [0.15, 0.2) is 24.3 Å². The quantitative estimate of drug-likeness (QED) is 0.909. The fourth-order valence-corrected chi connectivity index (χ4v) is 4.29. The van der Waals surface area contributed by atoms with Gasteiger partial charge in [0, 0.05) is 0 Å². The zero-order chi connectivity index (χ0) is 13.2. The summed E-state index contributed by atoms with van der Waals surface area (Å²) < 4.78 is 24.2. The summed E-state index contributed by atoms with van der Waals surface area (Å²) in [6, 6.07) is 6.05. The van der Waals surface area contributed by atoms with E-state index >= 15 is 0 Å². The van der Waals surface area contributed by atoms with Crippen LogP contribution in [0.2, 0.25) is 0 Å². The van der Waals surface area contributed by atoms with Gasteiger partial charge in [-0.3, -0.25) is 0 Å². The normalized spacial score (nSPS) is 16.9. The Labute approximate surface area is 107 Å². The van der Waals surface area contributed by atoms with Gasteiger partial charge in [0.2, 0.25) is 0 Å². The molecule has 1 aliphatic rings. The molecule has 1 saturated carbocycles. The largest absolute Gasteiger partial charge is 0.478 e. The van der Waals surface area contributed by atoms with Crippen LogP contribution in [0, 0.1) is 0 Å². The van der Waals surface area contributed by atoms with Crippen molar-refractivity contribution in [2.75, 3.05) is 0 Å². The number of carbonyl (C=O) groups is 1. The molecule has 1 N–H and O–H groups in total. The van der Waals surface area contributed by atoms with Gasteiger partial charge in [0.25, 0.3) is 0 Å². The summed E-state index contributed by atoms with van der Waals surface area (Å²) in [6.45, 7) is 0. The van der Waals surface area contributed by atoms with E-state index in [1.54, 1.807) is 12.1 Å². The Morgan fingerprint density at radius 2 is 1.72 bits per heavy atom. The molecule has 0 atom stereocenters. The van der Waals surface area contributed by atoms with Crippen molar-refractivity contribution < 1.29 is 18.3 Å². The molecule has 1 fully saturated rings. The van der Waals surface area contributed by atoms with Crippen molar-refractivity contribution in [1.29, 1.82) is 0 Å². The Hall–Kier alpha value is -1.36. The van der Waals surface area contributed by atoms with Gasteiger partial charge in [-0.2, -0.15) is 0 Å². The SMILES string of the molecule is O=C(O)c1ccc(CS(=O)(=O)C2CCCC2)cc1. The molecule has 5 heteroatoms. The summed E-state index contributed by atoms with van der Waals surface area (Å²) in [6.07, 6.45) is 3.49. The Morgan fingerprint density at radius 3 is 2.22 bits per heavy atom. The highest BCUT2D eigenvalue weighted by Crippen LogP contribution is 2.27. The van der Waals surface area contributed by atoms with E-state index in [2.05, 4.69) is 0 Å². The van der Waals surface area contributed by atoms with E-state index < -0.39 is 15.8 Å². The van der Waals surface area contributed by atoms with Crippen LogP contribution in [0.3, 0.4) is 0 Å². The molecule has 0 radical (unpaired) electrons. The second-order valence-corrected chi connectivity index (χ2v) is 7.00. The lowest BCUT2D eigenvalue weighted by molar-refractivity contribution is 0.0697. The van der Waals surface area contributed by atoms with E-state index in [0.717, 1.165) is 25.7 Å². The Morgan fingerprint density at radius 1 is 1.17 bits per heavy atom. The van der Waals surface area contributed by atoms with Crippen molar-refractivity contribution in [3.05, 3.63) is 35.4 Å². The fraction of sp³-hybridized carbons (Fsp3) is 0.462. The number of hydrogen-bond donors (Lipinski definition) is 1. The highest BCUT2D eigenvalue weighted by Gasteiger charge is 2.28. The highest BCUT2D eigenvalue weighted by atomic mass is 32.2. The summed E-state index contributed by atoms with van der Waals surface area (Å²) >= 11 is 0. The molecule has 0 amide bonds. The van der Waals surface area contributed by atoms with Crippen molar-refractivity contribution in [2.45, 2.75) is 36.7 Å². The first-order valence-electron chi connectivity index (χ1n) is 6.03. The van der Waals surface area contributed by atoms with Gasteiger partial charge in [0.1, 0.15) is 0 Å². The van der Waals surface area contributed by atoms with Crippen LogP contribution in [0.5, 0.6) is 0 Å². The molecule has 98 valence electrons. The van der Waals surface area contributed by atoms with Gasteiger partial charge in [-0.15, -0.1) is 0 Å². The van der Waals surface area contributed by atoms with Crippen LogP contribution >= 0.6 is 0 Å². The minimum atomic E-state index is -3.09. The van der Waals surface area contributed by atoms with Crippen LogP contribution < -0.4 is 0 Å². The zero-order valence-corrected chi connectivity index (χ0v) is 10.8. The van der Waals surface area contributed by atoms with Gasteiger partial charge in [0.15, 0.2) is 9.84 Å². The third-order valence-corrected chi connectivity index (χ3v) is 5.60. The molecule has 0 heterocycles. The first-order valence-corrected chi connectivity index (χ1v) is 7.74. The molecule has 0 unspecified atom stereocenters. The Bertz CT molecular complexity index is 525. The number of carboxylic acid groups (broad SMARTS) is 1. The lowest BCUT2D eigenvalue weighted by atomic mass is 10.1. The number of carboxylic acids is 1. The average molecular weight is 268 g/mol. The maximum atomic E-state index is 12.1. The minimum absolute atomic E-state index is 0.0115. The number of rotatable bonds is 4. The maximum absolute atomic E-state index is 12.1. The van der Waals surface area contributed by atoms with Crippen LogP contribution in [-0.2, 0) is 15.6 Å². The van der Waals surface area contributed by atoms with Crippen LogP contribution in [-0.4, -0.2) is 24.7 Å². The van der Waals surface area contributed by atoms with Crippen LogP contribution in [0.25, 0.3) is 0 Å². The molecule has 1 aliphatic carbocycles. The molecule has 0 saturated heterocycles. The van der Waals surface area contributed by atoms with E-state index in [4.69, 9.17) is 5.11 Å². The summed E-state index contributed by atoms with van der Waals surface area (Å²) in [5.41, 5.74) is 0.837. The molecule has 2 rings (SSSR count). The third kappa shape index (κ3) is 2.90. The smallest absolute Gasteiger partial charge is 0.335 e. The van der Waals surface area contributed by atoms with E-state index in [1.807, 2.05) is 0 Å². The lowest BCUT2D eigenvalue weighted by Crippen LogP contribution is -2.19. The number of hydrogen-bond acceptors (Lipinski definition) is 3. The van der Waals surface area contributed by atoms with Gasteiger partial charge in [-0.25, -0.2) is 13.2 Å². The summed E-state index contributed by atoms with van der Waals surface area (Å²) in [5.74, 6) is -0.988. The minimum Gasteiger partial charge on any atom is -0.478 e. The lowest BCUT2D eigenvalue weighted by Gasteiger charge is -2.11. The van der Waals surface area contributed by atoms with Gasteiger partial charge < -0.3 is 5.11 Å². The molecule has 1 aromatic rings. The third-order valence-electron chi connectivity index (χ3n) is 3.38. The summed E-state index contributed by atoms with van der Waals surface area (Å²) in [5, 5.41) is 8.55.